The van der Waals surface area contributed by atoms with Crippen LogP contribution in [0.3, 0.4) is 0 Å². The average molecular weight is 360 g/mol. The molecule has 0 aliphatic heterocycles. The predicted molar refractivity (Wildman–Crippen MR) is 88.1 cm³/mol. The van der Waals surface area contributed by atoms with Crippen LogP contribution in [0, 0.1) is 11.8 Å². The van der Waals surface area contributed by atoms with Crippen LogP contribution in [0.25, 0.3) is 0 Å². The molecule has 5 nitrogen and oxygen atoms in total. The first-order valence-corrected chi connectivity index (χ1v) is 8.31. The van der Waals surface area contributed by atoms with Crippen molar-refractivity contribution in [3.63, 3.8) is 0 Å². The average Bonchev–Trinajstić information content (AvgIpc) is 2.99. The number of hydrogen-bond acceptors (Lipinski definition) is 3. The standard InChI is InChI=1S/C16H19Cl2NO4/c17-12-4-5-14(13(18)9-12)23-7-1-6-19-15(20)10-2-3-11(8-10)16(21)22/h4-5,9-11H,1-3,6-8H2,(H,19,20)(H,21,22)/t10-,11+/m0/s1. The first kappa shape index (κ1) is 17.9. The molecule has 1 saturated carbocycles. The van der Waals surface area contributed by atoms with Gasteiger partial charge in [-0.05, 0) is 43.9 Å². The van der Waals surface area contributed by atoms with Gasteiger partial charge in [0, 0.05) is 17.5 Å². The minimum absolute atomic E-state index is 0.0710. The Morgan fingerprint density at radius 1 is 1.26 bits per heavy atom. The lowest BCUT2D eigenvalue weighted by Gasteiger charge is -2.11. The van der Waals surface area contributed by atoms with E-state index in [-0.39, 0.29) is 17.7 Å². The van der Waals surface area contributed by atoms with Gasteiger partial charge in [-0.1, -0.05) is 23.2 Å². The van der Waals surface area contributed by atoms with Crippen LogP contribution in [0.1, 0.15) is 25.7 Å². The van der Waals surface area contributed by atoms with E-state index in [1.807, 2.05) is 0 Å². The zero-order valence-electron chi connectivity index (χ0n) is 12.6. The van der Waals surface area contributed by atoms with Gasteiger partial charge in [-0.25, -0.2) is 0 Å². The molecule has 1 aromatic carbocycles. The summed E-state index contributed by atoms with van der Waals surface area (Å²) >= 11 is 11.8. The number of amides is 1. The summed E-state index contributed by atoms with van der Waals surface area (Å²) in [5.74, 6) is -0.904. The summed E-state index contributed by atoms with van der Waals surface area (Å²) < 4.78 is 5.53. The summed E-state index contributed by atoms with van der Waals surface area (Å²) in [5, 5.41) is 12.8. The highest BCUT2D eigenvalue weighted by atomic mass is 35.5. The number of ether oxygens (including phenoxy) is 1. The second-order valence-electron chi connectivity index (χ2n) is 5.61. The normalized spacial score (nSPS) is 20.3. The van der Waals surface area contributed by atoms with Gasteiger partial charge in [0.2, 0.25) is 5.91 Å². The van der Waals surface area contributed by atoms with Gasteiger partial charge in [-0.3, -0.25) is 9.59 Å². The molecule has 126 valence electrons. The Kier molecular flexibility index (Phi) is 6.54. The van der Waals surface area contributed by atoms with Crippen molar-refractivity contribution in [2.24, 2.45) is 11.8 Å². The van der Waals surface area contributed by atoms with E-state index < -0.39 is 5.97 Å². The first-order valence-electron chi connectivity index (χ1n) is 7.55. The highest BCUT2D eigenvalue weighted by Crippen LogP contribution is 2.31. The van der Waals surface area contributed by atoms with E-state index >= 15 is 0 Å². The third kappa shape index (κ3) is 5.29. The molecule has 0 saturated heterocycles. The molecule has 1 aliphatic rings. The summed E-state index contributed by atoms with van der Waals surface area (Å²) in [5.41, 5.74) is 0. The number of carbonyl (C=O) groups is 2. The Morgan fingerprint density at radius 2 is 2.00 bits per heavy atom. The molecule has 2 N–H and O–H groups in total. The van der Waals surface area contributed by atoms with E-state index in [2.05, 4.69) is 5.32 Å². The SMILES string of the molecule is O=C(O)[C@@H]1CC[C@H](C(=O)NCCCOc2ccc(Cl)cc2Cl)C1. The van der Waals surface area contributed by atoms with E-state index in [1.165, 1.54) is 0 Å². The molecule has 1 fully saturated rings. The maximum Gasteiger partial charge on any atom is 0.306 e. The number of carboxylic acids is 1. The molecular weight excluding hydrogens is 341 g/mol. The predicted octanol–water partition coefficient (Wildman–Crippen LogP) is 3.38. The number of carboxylic acid groups (broad SMARTS) is 1. The lowest BCUT2D eigenvalue weighted by Crippen LogP contribution is -2.31. The second-order valence-corrected chi connectivity index (χ2v) is 6.46. The smallest absolute Gasteiger partial charge is 0.306 e. The monoisotopic (exact) mass is 359 g/mol. The lowest BCUT2D eigenvalue weighted by molar-refractivity contribution is -0.141. The molecule has 1 aromatic rings. The fourth-order valence-electron chi connectivity index (χ4n) is 2.65. The van der Waals surface area contributed by atoms with Crippen LogP contribution in [0.2, 0.25) is 10.0 Å². The summed E-state index contributed by atoms with van der Waals surface area (Å²) in [6.07, 6.45) is 2.28. The molecule has 0 unspecified atom stereocenters. The minimum Gasteiger partial charge on any atom is -0.492 e. The number of rotatable bonds is 7. The number of halogens is 2. The second kappa shape index (κ2) is 8.41. The quantitative estimate of drug-likeness (QED) is 0.731. The van der Waals surface area contributed by atoms with Gasteiger partial charge in [0.05, 0.1) is 17.5 Å². The van der Waals surface area contributed by atoms with Crippen molar-refractivity contribution in [2.45, 2.75) is 25.7 Å². The number of nitrogens with one attached hydrogen (secondary N) is 1. The highest BCUT2D eigenvalue weighted by molar-refractivity contribution is 6.35. The lowest BCUT2D eigenvalue weighted by atomic mass is 10.0. The molecule has 0 spiro atoms. The fraction of sp³-hybridized carbons (Fsp3) is 0.500. The maximum absolute atomic E-state index is 12.0. The van der Waals surface area contributed by atoms with Crippen molar-refractivity contribution in [1.29, 1.82) is 0 Å². The molecule has 1 aliphatic carbocycles. The van der Waals surface area contributed by atoms with E-state index in [9.17, 15) is 9.59 Å². The molecule has 2 atom stereocenters. The van der Waals surface area contributed by atoms with Crippen LogP contribution in [0.15, 0.2) is 18.2 Å². The van der Waals surface area contributed by atoms with Crippen LogP contribution >= 0.6 is 23.2 Å². The van der Waals surface area contributed by atoms with E-state index in [4.69, 9.17) is 33.0 Å². The van der Waals surface area contributed by atoms with Crippen LogP contribution < -0.4 is 10.1 Å². The van der Waals surface area contributed by atoms with Gasteiger partial charge >= 0.3 is 5.97 Å². The summed E-state index contributed by atoms with van der Waals surface area (Å²) in [4.78, 5) is 22.8. The Bertz CT molecular complexity index is 579. The van der Waals surface area contributed by atoms with E-state index in [0.29, 0.717) is 54.6 Å². The van der Waals surface area contributed by atoms with Crippen molar-refractivity contribution in [1.82, 2.24) is 5.32 Å². The molecule has 1 amide bonds. The fourth-order valence-corrected chi connectivity index (χ4v) is 3.11. The van der Waals surface area contributed by atoms with Crippen molar-refractivity contribution in [3.8, 4) is 5.75 Å². The summed E-state index contributed by atoms with van der Waals surface area (Å²) in [6.45, 7) is 0.905. The van der Waals surface area contributed by atoms with Gasteiger partial charge in [0.25, 0.3) is 0 Å². The molecule has 23 heavy (non-hydrogen) atoms. The molecule has 2 rings (SSSR count). The third-order valence-electron chi connectivity index (χ3n) is 3.92. The molecule has 7 heteroatoms. The molecule has 0 aromatic heterocycles. The topological polar surface area (TPSA) is 75.6 Å². The Morgan fingerprint density at radius 3 is 2.65 bits per heavy atom. The van der Waals surface area contributed by atoms with Crippen LogP contribution in [-0.2, 0) is 9.59 Å². The number of aliphatic carboxylic acids is 1. The van der Waals surface area contributed by atoms with Gasteiger partial charge in [0.1, 0.15) is 5.75 Å². The molecule has 0 bridgehead atoms. The van der Waals surface area contributed by atoms with E-state index in [1.54, 1.807) is 18.2 Å². The van der Waals surface area contributed by atoms with Crippen LogP contribution in [-0.4, -0.2) is 30.1 Å². The van der Waals surface area contributed by atoms with Crippen LogP contribution in [0.5, 0.6) is 5.75 Å². The van der Waals surface area contributed by atoms with Crippen molar-refractivity contribution >= 4 is 35.1 Å². The van der Waals surface area contributed by atoms with Gasteiger partial charge < -0.3 is 15.2 Å². The minimum atomic E-state index is -0.812. The van der Waals surface area contributed by atoms with E-state index in [0.717, 1.165) is 0 Å². The zero-order valence-corrected chi connectivity index (χ0v) is 14.1. The summed E-state index contributed by atoms with van der Waals surface area (Å²) in [7, 11) is 0. The largest absolute Gasteiger partial charge is 0.492 e. The molecule has 0 heterocycles. The first-order chi connectivity index (χ1) is 11.0. The van der Waals surface area contributed by atoms with Crippen LogP contribution in [0.4, 0.5) is 0 Å². The van der Waals surface area contributed by atoms with Crippen molar-refractivity contribution in [2.75, 3.05) is 13.2 Å². The maximum atomic E-state index is 12.0. The third-order valence-corrected chi connectivity index (χ3v) is 4.45. The number of benzene rings is 1. The Labute approximate surface area is 144 Å². The molecule has 0 radical (unpaired) electrons. The zero-order chi connectivity index (χ0) is 16.8. The van der Waals surface area contributed by atoms with Gasteiger partial charge in [-0.15, -0.1) is 0 Å². The molecular formula is C16H19Cl2NO4. The van der Waals surface area contributed by atoms with Crippen molar-refractivity contribution in [3.05, 3.63) is 28.2 Å². The number of carbonyl (C=O) groups excluding carboxylic acids is 1. The summed E-state index contributed by atoms with van der Waals surface area (Å²) in [6, 6.07) is 5.01. The number of hydrogen-bond donors (Lipinski definition) is 2. The Hall–Kier alpha value is -1.46. The highest BCUT2D eigenvalue weighted by Gasteiger charge is 2.33. The van der Waals surface area contributed by atoms with Gasteiger partial charge in [-0.2, -0.15) is 0 Å². The van der Waals surface area contributed by atoms with Crippen molar-refractivity contribution < 1.29 is 19.4 Å². The van der Waals surface area contributed by atoms with Gasteiger partial charge in [0.15, 0.2) is 0 Å². The Balaban J connectivity index is 1.64.